The zero-order valence-corrected chi connectivity index (χ0v) is 15.5. The number of carbonyl (C=O) groups is 1. The number of anilines is 2. The lowest BCUT2D eigenvalue weighted by atomic mass is 10.1. The van der Waals surface area contributed by atoms with Gasteiger partial charge in [-0.15, -0.1) is 10.2 Å². The Labute approximate surface area is 154 Å². The Morgan fingerprint density at radius 3 is 2.72 bits per heavy atom. The van der Waals surface area contributed by atoms with Gasteiger partial charge in [-0.3, -0.25) is 4.79 Å². The minimum atomic E-state index is -0.338. The lowest BCUT2D eigenvalue weighted by molar-refractivity contribution is -0.119. The second-order valence-electron chi connectivity index (χ2n) is 6.02. The van der Waals surface area contributed by atoms with Crippen molar-refractivity contribution < 1.29 is 9.18 Å². The third-order valence-corrected chi connectivity index (χ3v) is 6.04. The first-order chi connectivity index (χ1) is 12.2. The van der Waals surface area contributed by atoms with E-state index in [0.717, 1.165) is 12.8 Å². The fourth-order valence-corrected chi connectivity index (χ4v) is 4.39. The molecule has 0 bridgehead atoms. The van der Waals surface area contributed by atoms with Crippen LogP contribution in [0, 0.1) is 5.82 Å². The average molecular weight is 381 g/mol. The minimum absolute atomic E-state index is 0.0377. The molecule has 134 valence electrons. The van der Waals surface area contributed by atoms with Crippen molar-refractivity contribution in [3.63, 3.8) is 0 Å². The van der Waals surface area contributed by atoms with Crippen LogP contribution in [0.4, 0.5) is 15.2 Å². The van der Waals surface area contributed by atoms with Gasteiger partial charge in [0.05, 0.1) is 11.4 Å². The van der Waals surface area contributed by atoms with Crippen LogP contribution in [0.3, 0.4) is 0 Å². The summed E-state index contributed by atoms with van der Waals surface area (Å²) in [5, 5.41) is 14.6. The van der Waals surface area contributed by atoms with E-state index >= 15 is 0 Å². The number of para-hydroxylation sites is 1. The molecule has 0 aliphatic heterocycles. The van der Waals surface area contributed by atoms with Gasteiger partial charge in [0.25, 0.3) is 0 Å². The summed E-state index contributed by atoms with van der Waals surface area (Å²) in [7, 11) is 0. The molecule has 2 aromatic rings. The number of aromatic nitrogens is 2. The van der Waals surface area contributed by atoms with E-state index in [1.54, 1.807) is 18.2 Å². The van der Waals surface area contributed by atoms with Crippen molar-refractivity contribution in [2.24, 2.45) is 0 Å². The maximum atomic E-state index is 13.6. The molecule has 1 fully saturated rings. The lowest BCUT2D eigenvalue weighted by Gasteiger charge is -2.15. The third-order valence-electron chi connectivity index (χ3n) is 4.07. The molecule has 1 aromatic carbocycles. The molecule has 0 unspecified atom stereocenters. The topological polar surface area (TPSA) is 66.9 Å². The van der Waals surface area contributed by atoms with Crippen LogP contribution in [0.15, 0.2) is 28.6 Å². The summed E-state index contributed by atoms with van der Waals surface area (Å²) in [5.41, 5.74) is 0.362. The molecule has 3 rings (SSSR count). The van der Waals surface area contributed by atoms with Crippen molar-refractivity contribution >= 4 is 39.8 Å². The summed E-state index contributed by atoms with van der Waals surface area (Å²) in [4.78, 5) is 12.1. The van der Waals surface area contributed by atoms with Crippen LogP contribution >= 0.6 is 23.1 Å². The molecule has 0 radical (unpaired) electrons. The van der Waals surface area contributed by atoms with Gasteiger partial charge in [-0.25, -0.2) is 4.39 Å². The van der Waals surface area contributed by atoms with Crippen LogP contribution < -0.4 is 10.6 Å². The van der Waals surface area contributed by atoms with Crippen LogP contribution in [-0.2, 0) is 4.79 Å². The molecule has 0 spiro atoms. The monoisotopic (exact) mass is 380 g/mol. The molecule has 0 saturated heterocycles. The van der Waals surface area contributed by atoms with Gasteiger partial charge < -0.3 is 10.6 Å². The highest BCUT2D eigenvalue weighted by Crippen LogP contribution is 2.28. The number of nitrogens with zero attached hydrogens (tertiary/aromatic N) is 2. The van der Waals surface area contributed by atoms with Crippen molar-refractivity contribution in [1.29, 1.82) is 0 Å². The van der Waals surface area contributed by atoms with Crippen molar-refractivity contribution in [3.05, 3.63) is 30.1 Å². The standard InChI is InChI=1S/C17H21FN4OS2/c18-13-9-5-6-10-14(13)20-16-21-22-17(25-16)24-11-15(23)19-12-7-3-1-2-4-8-12/h5-6,9-10,12H,1-4,7-8,11H2,(H,19,23)(H,20,21). The first kappa shape index (κ1) is 18.1. The number of nitrogens with one attached hydrogen (secondary N) is 2. The molecule has 25 heavy (non-hydrogen) atoms. The Morgan fingerprint density at radius 1 is 1.20 bits per heavy atom. The molecule has 1 heterocycles. The van der Waals surface area contributed by atoms with Gasteiger partial charge in [-0.1, -0.05) is 60.9 Å². The molecule has 8 heteroatoms. The highest BCUT2D eigenvalue weighted by Gasteiger charge is 2.15. The molecule has 1 aliphatic rings. The number of halogens is 1. The summed E-state index contributed by atoms with van der Waals surface area (Å²) in [5.74, 6) is 0.0237. The van der Waals surface area contributed by atoms with Crippen LogP contribution in [0.5, 0.6) is 0 Å². The first-order valence-electron chi connectivity index (χ1n) is 8.48. The summed E-state index contributed by atoms with van der Waals surface area (Å²) in [6.45, 7) is 0. The normalized spacial score (nSPS) is 15.6. The highest BCUT2D eigenvalue weighted by atomic mass is 32.2. The zero-order valence-electron chi connectivity index (χ0n) is 13.8. The van der Waals surface area contributed by atoms with Gasteiger partial charge in [0.1, 0.15) is 5.82 Å². The van der Waals surface area contributed by atoms with E-state index in [9.17, 15) is 9.18 Å². The zero-order chi connectivity index (χ0) is 17.5. The van der Waals surface area contributed by atoms with Crippen LogP contribution in [0.2, 0.25) is 0 Å². The van der Waals surface area contributed by atoms with Gasteiger partial charge in [0.2, 0.25) is 11.0 Å². The highest BCUT2D eigenvalue weighted by molar-refractivity contribution is 8.01. The molecule has 1 aromatic heterocycles. The predicted molar refractivity (Wildman–Crippen MR) is 99.9 cm³/mol. The quantitative estimate of drug-likeness (QED) is 0.576. The van der Waals surface area contributed by atoms with Crippen molar-refractivity contribution in [1.82, 2.24) is 15.5 Å². The summed E-state index contributed by atoms with van der Waals surface area (Å²) in [6.07, 6.45) is 7.07. The number of hydrogen-bond donors (Lipinski definition) is 2. The number of thioether (sulfide) groups is 1. The van der Waals surface area contributed by atoms with E-state index in [1.807, 2.05) is 0 Å². The average Bonchev–Trinajstić information content (AvgIpc) is 2.89. The summed E-state index contributed by atoms with van der Waals surface area (Å²) in [6, 6.07) is 6.72. The number of hydrogen-bond acceptors (Lipinski definition) is 6. The van der Waals surface area contributed by atoms with Crippen molar-refractivity contribution in [2.45, 2.75) is 48.9 Å². The van der Waals surface area contributed by atoms with Gasteiger partial charge in [0.15, 0.2) is 4.34 Å². The van der Waals surface area contributed by atoms with Gasteiger partial charge in [-0.05, 0) is 25.0 Å². The second kappa shape index (κ2) is 9.15. The first-order valence-corrected chi connectivity index (χ1v) is 10.3. The lowest BCUT2D eigenvalue weighted by Crippen LogP contribution is -2.35. The van der Waals surface area contributed by atoms with Crippen molar-refractivity contribution in [2.75, 3.05) is 11.1 Å². The Bertz CT molecular complexity index is 701. The maximum Gasteiger partial charge on any atom is 0.230 e. The Hall–Kier alpha value is -1.67. The smallest absolute Gasteiger partial charge is 0.230 e. The molecule has 0 atom stereocenters. The SMILES string of the molecule is O=C(CSc1nnc(Nc2ccccc2F)s1)NC1CCCCCC1. The number of carbonyl (C=O) groups excluding carboxylic acids is 1. The molecule has 1 saturated carbocycles. The molecule has 5 nitrogen and oxygen atoms in total. The molecule has 1 amide bonds. The minimum Gasteiger partial charge on any atom is -0.353 e. The second-order valence-corrected chi connectivity index (χ2v) is 8.22. The number of rotatable bonds is 6. The van der Waals surface area contributed by atoms with Crippen molar-refractivity contribution in [3.8, 4) is 0 Å². The molecule has 1 aliphatic carbocycles. The van der Waals surface area contributed by atoms with E-state index in [0.29, 0.717) is 27.0 Å². The van der Waals surface area contributed by atoms with E-state index in [-0.39, 0.29) is 11.7 Å². The van der Waals surface area contributed by atoms with Gasteiger partial charge in [0, 0.05) is 6.04 Å². The fraction of sp³-hybridized carbons (Fsp3) is 0.471. The van der Waals surface area contributed by atoms with Gasteiger partial charge in [-0.2, -0.15) is 0 Å². The molecular formula is C17H21FN4OS2. The largest absolute Gasteiger partial charge is 0.353 e. The van der Waals surface area contributed by atoms with E-state index in [2.05, 4.69) is 20.8 Å². The summed E-state index contributed by atoms with van der Waals surface area (Å²) < 4.78 is 14.3. The van der Waals surface area contributed by atoms with E-state index in [1.165, 1.54) is 54.8 Å². The van der Waals surface area contributed by atoms with Crippen LogP contribution in [0.1, 0.15) is 38.5 Å². The number of benzene rings is 1. The fourth-order valence-electron chi connectivity index (χ4n) is 2.82. The Morgan fingerprint density at radius 2 is 1.96 bits per heavy atom. The van der Waals surface area contributed by atoms with E-state index in [4.69, 9.17) is 0 Å². The van der Waals surface area contributed by atoms with E-state index < -0.39 is 0 Å². The number of amides is 1. The van der Waals surface area contributed by atoms with Crippen LogP contribution in [0.25, 0.3) is 0 Å². The predicted octanol–water partition coefficient (Wildman–Crippen LogP) is 4.35. The maximum absolute atomic E-state index is 13.6. The molecule has 2 N–H and O–H groups in total. The van der Waals surface area contributed by atoms with Crippen LogP contribution in [-0.4, -0.2) is 27.9 Å². The molecular weight excluding hydrogens is 359 g/mol. The Balaban J connectivity index is 1.46. The van der Waals surface area contributed by atoms with Gasteiger partial charge >= 0.3 is 0 Å². The third kappa shape index (κ3) is 5.67. The summed E-state index contributed by atoms with van der Waals surface area (Å²) >= 11 is 2.67. The Kier molecular flexibility index (Phi) is 6.63.